The third-order valence-corrected chi connectivity index (χ3v) is 3.48. The first-order valence-electron chi connectivity index (χ1n) is 7.93. The summed E-state index contributed by atoms with van der Waals surface area (Å²) < 4.78 is 5.66. The summed E-state index contributed by atoms with van der Waals surface area (Å²) in [5, 5.41) is 11.8. The number of aromatic nitrogens is 1. The molecule has 0 radical (unpaired) electrons. The molecule has 1 atom stereocenters. The van der Waals surface area contributed by atoms with Crippen molar-refractivity contribution < 1.29 is 14.6 Å². The molecule has 1 unspecified atom stereocenters. The molecular weight excluding hydrogens is 304 g/mol. The molecule has 1 amide bonds. The van der Waals surface area contributed by atoms with Gasteiger partial charge in [0.05, 0.1) is 18.3 Å². The zero-order chi connectivity index (χ0) is 17.2. The van der Waals surface area contributed by atoms with Gasteiger partial charge in [-0.25, -0.2) is 0 Å². The van der Waals surface area contributed by atoms with Gasteiger partial charge in [-0.15, -0.1) is 0 Å². The van der Waals surface area contributed by atoms with Crippen LogP contribution in [0, 0.1) is 0 Å². The molecule has 0 saturated heterocycles. The quantitative estimate of drug-likeness (QED) is 0.731. The Morgan fingerprint density at radius 3 is 2.71 bits per heavy atom. The van der Waals surface area contributed by atoms with Gasteiger partial charge in [-0.05, 0) is 42.3 Å². The van der Waals surface area contributed by atoms with Crippen LogP contribution in [0.15, 0.2) is 54.7 Å². The molecule has 1 aromatic heterocycles. The van der Waals surface area contributed by atoms with E-state index in [1.165, 1.54) is 6.08 Å². The first-order valence-corrected chi connectivity index (χ1v) is 7.93. The molecule has 1 aromatic carbocycles. The summed E-state index contributed by atoms with van der Waals surface area (Å²) in [6, 6.07) is 12.9. The van der Waals surface area contributed by atoms with Gasteiger partial charge in [0.25, 0.3) is 0 Å². The number of aliphatic hydroxyl groups excluding tert-OH is 1. The van der Waals surface area contributed by atoms with Crippen LogP contribution in [0.5, 0.6) is 5.75 Å². The van der Waals surface area contributed by atoms with Crippen molar-refractivity contribution in [3.8, 4) is 5.75 Å². The number of rotatable bonds is 8. The standard InChI is InChI=1S/C19H22N2O3/c1-2-16(13-22)21-19(23)11-8-15-6-9-18(10-7-15)24-14-17-5-3-4-12-20-17/h3-12,16,22H,2,13-14H2,1H3,(H,21,23)/b11-8+. The zero-order valence-electron chi connectivity index (χ0n) is 13.7. The fourth-order valence-electron chi connectivity index (χ4n) is 2.01. The highest BCUT2D eigenvalue weighted by Gasteiger charge is 2.05. The van der Waals surface area contributed by atoms with Crippen molar-refractivity contribution in [2.75, 3.05) is 6.61 Å². The maximum absolute atomic E-state index is 11.7. The predicted octanol–water partition coefficient (Wildman–Crippen LogP) is 2.56. The van der Waals surface area contributed by atoms with E-state index in [1.807, 2.05) is 49.4 Å². The fourth-order valence-corrected chi connectivity index (χ4v) is 2.01. The van der Waals surface area contributed by atoms with E-state index in [1.54, 1.807) is 12.3 Å². The molecule has 1 heterocycles. The third kappa shape index (κ3) is 5.85. The van der Waals surface area contributed by atoms with Crippen LogP contribution >= 0.6 is 0 Å². The lowest BCUT2D eigenvalue weighted by molar-refractivity contribution is -0.117. The number of carbonyl (C=O) groups excluding carboxylic acids is 1. The van der Waals surface area contributed by atoms with Gasteiger partial charge in [0, 0.05) is 12.3 Å². The smallest absolute Gasteiger partial charge is 0.244 e. The van der Waals surface area contributed by atoms with E-state index in [4.69, 9.17) is 9.84 Å². The van der Waals surface area contributed by atoms with E-state index >= 15 is 0 Å². The number of aliphatic hydroxyl groups is 1. The minimum atomic E-state index is -0.216. The second-order valence-corrected chi connectivity index (χ2v) is 5.31. The summed E-state index contributed by atoms with van der Waals surface area (Å²) in [4.78, 5) is 15.9. The lowest BCUT2D eigenvalue weighted by atomic mass is 10.2. The Labute approximate surface area is 142 Å². The topological polar surface area (TPSA) is 71.5 Å². The maximum Gasteiger partial charge on any atom is 0.244 e. The first kappa shape index (κ1) is 17.7. The Morgan fingerprint density at radius 1 is 1.29 bits per heavy atom. The molecule has 5 heteroatoms. The molecular formula is C19H22N2O3. The van der Waals surface area contributed by atoms with E-state index in [0.29, 0.717) is 13.0 Å². The Bertz CT molecular complexity index is 650. The van der Waals surface area contributed by atoms with E-state index in [2.05, 4.69) is 10.3 Å². The van der Waals surface area contributed by atoms with E-state index in [-0.39, 0.29) is 18.6 Å². The predicted molar refractivity (Wildman–Crippen MR) is 93.4 cm³/mol. The average molecular weight is 326 g/mol. The van der Waals surface area contributed by atoms with Gasteiger partial charge in [-0.2, -0.15) is 0 Å². The summed E-state index contributed by atoms with van der Waals surface area (Å²) in [7, 11) is 0. The van der Waals surface area contributed by atoms with Gasteiger partial charge in [0.1, 0.15) is 12.4 Å². The number of amides is 1. The molecule has 0 aliphatic heterocycles. The Kier molecular flexibility index (Phi) is 6.98. The molecule has 24 heavy (non-hydrogen) atoms. The Morgan fingerprint density at radius 2 is 2.08 bits per heavy atom. The Hall–Kier alpha value is -2.66. The normalized spacial score (nSPS) is 12.1. The van der Waals surface area contributed by atoms with Crippen LogP contribution in [0.25, 0.3) is 6.08 Å². The summed E-state index contributed by atoms with van der Waals surface area (Å²) >= 11 is 0. The van der Waals surface area contributed by atoms with Crippen LogP contribution in [0.2, 0.25) is 0 Å². The second kappa shape index (κ2) is 9.47. The highest BCUT2D eigenvalue weighted by atomic mass is 16.5. The molecule has 0 aliphatic carbocycles. The van der Waals surface area contributed by atoms with Crippen LogP contribution in [0.4, 0.5) is 0 Å². The average Bonchev–Trinajstić information content (AvgIpc) is 2.64. The lowest BCUT2D eigenvalue weighted by Crippen LogP contribution is -2.35. The van der Waals surface area contributed by atoms with E-state index in [9.17, 15) is 4.79 Å². The van der Waals surface area contributed by atoms with Crippen molar-refractivity contribution >= 4 is 12.0 Å². The van der Waals surface area contributed by atoms with Gasteiger partial charge >= 0.3 is 0 Å². The number of benzene rings is 1. The molecule has 2 N–H and O–H groups in total. The molecule has 0 bridgehead atoms. The van der Waals surface area contributed by atoms with E-state index in [0.717, 1.165) is 17.0 Å². The van der Waals surface area contributed by atoms with Crippen molar-refractivity contribution in [2.24, 2.45) is 0 Å². The van der Waals surface area contributed by atoms with Crippen molar-refractivity contribution in [2.45, 2.75) is 26.0 Å². The molecule has 0 fully saturated rings. The van der Waals surface area contributed by atoms with Crippen LogP contribution in [-0.2, 0) is 11.4 Å². The summed E-state index contributed by atoms with van der Waals surface area (Å²) in [6.07, 6.45) is 5.61. The van der Waals surface area contributed by atoms with Crippen molar-refractivity contribution in [3.63, 3.8) is 0 Å². The molecule has 5 nitrogen and oxygen atoms in total. The minimum Gasteiger partial charge on any atom is -0.487 e. The molecule has 2 rings (SSSR count). The first-order chi connectivity index (χ1) is 11.7. The van der Waals surface area contributed by atoms with Crippen LogP contribution in [0.1, 0.15) is 24.6 Å². The molecule has 0 spiro atoms. The minimum absolute atomic E-state index is 0.0572. The lowest BCUT2D eigenvalue weighted by Gasteiger charge is -2.11. The number of carbonyl (C=O) groups is 1. The fraction of sp³-hybridized carbons (Fsp3) is 0.263. The van der Waals surface area contributed by atoms with E-state index < -0.39 is 0 Å². The Balaban J connectivity index is 1.85. The molecule has 2 aromatic rings. The van der Waals surface area contributed by atoms with Gasteiger partial charge < -0.3 is 15.2 Å². The molecule has 126 valence electrons. The SMILES string of the molecule is CCC(CO)NC(=O)/C=C/c1ccc(OCc2ccccn2)cc1. The number of ether oxygens (including phenoxy) is 1. The van der Waals surface area contributed by atoms with Crippen molar-refractivity contribution in [3.05, 3.63) is 66.0 Å². The van der Waals surface area contributed by atoms with Crippen LogP contribution < -0.4 is 10.1 Å². The van der Waals surface area contributed by atoms with Crippen molar-refractivity contribution in [1.82, 2.24) is 10.3 Å². The van der Waals surface area contributed by atoms with Crippen molar-refractivity contribution in [1.29, 1.82) is 0 Å². The number of hydrogen-bond donors (Lipinski definition) is 2. The zero-order valence-corrected chi connectivity index (χ0v) is 13.7. The number of nitrogens with zero attached hydrogens (tertiary/aromatic N) is 1. The van der Waals surface area contributed by atoms with Gasteiger partial charge in [0.15, 0.2) is 0 Å². The maximum atomic E-state index is 11.7. The number of nitrogens with one attached hydrogen (secondary N) is 1. The van der Waals surface area contributed by atoms with Gasteiger partial charge in [-0.1, -0.05) is 25.1 Å². The summed E-state index contributed by atoms with van der Waals surface area (Å²) in [5.41, 5.74) is 1.76. The largest absolute Gasteiger partial charge is 0.487 e. The molecule has 0 aliphatic rings. The monoisotopic (exact) mass is 326 g/mol. The van der Waals surface area contributed by atoms with Crippen LogP contribution in [0.3, 0.4) is 0 Å². The number of pyridine rings is 1. The summed E-state index contributed by atoms with van der Waals surface area (Å²) in [5.74, 6) is 0.528. The van der Waals surface area contributed by atoms with Gasteiger partial charge in [-0.3, -0.25) is 9.78 Å². The highest BCUT2D eigenvalue weighted by Crippen LogP contribution is 2.14. The highest BCUT2D eigenvalue weighted by molar-refractivity contribution is 5.91. The molecule has 0 saturated carbocycles. The van der Waals surface area contributed by atoms with Gasteiger partial charge in [0.2, 0.25) is 5.91 Å². The summed E-state index contributed by atoms with van der Waals surface area (Å²) in [6.45, 7) is 2.27. The number of hydrogen-bond acceptors (Lipinski definition) is 4. The second-order valence-electron chi connectivity index (χ2n) is 5.31. The van der Waals surface area contributed by atoms with Crippen LogP contribution in [-0.4, -0.2) is 28.6 Å². The third-order valence-electron chi connectivity index (χ3n) is 3.48.